The van der Waals surface area contributed by atoms with Crippen LogP contribution in [-0.4, -0.2) is 47.7 Å². The summed E-state index contributed by atoms with van der Waals surface area (Å²) >= 11 is 8.08. The van der Waals surface area contributed by atoms with Crippen molar-refractivity contribution in [3.05, 3.63) is 17.2 Å². The number of hydrogen-bond acceptors (Lipinski definition) is 6. The fourth-order valence-corrected chi connectivity index (χ4v) is 4.01. The Bertz CT molecular complexity index is 826. The van der Waals surface area contributed by atoms with Crippen molar-refractivity contribution in [1.29, 1.82) is 0 Å². The molecule has 1 amide bonds. The van der Waals surface area contributed by atoms with Crippen LogP contribution < -0.4 is 10.3 Å². The fourth-order valence-electron chi connectivity index (χ4n) is 2.93. The topological polar surface area (TPSA) is 60.8 Å². The minimum absolute atomic E-state index is 0.207. The van der Waals surface area contributed by atoms with Gasteiger partial charge in [-0.15, -0.1) is 0 Å². The highest BCUT2D eigenvalue weighted by Crippen LogP contribution is 2.38. The van der Waals surface area contributed by atoms with Gasteiger partial charge in [-0.1, -0.05) is 36.8 Å². The highest BCUT2D eigenvalue weighted by atomic mass is 35.5. The van der Waals surface area contributed by atoms with E-state index in [0.717, 1.165) is 46.3 Å². The molecular weight excluding hydrogens is 370 g/mol. The molecule has 0 radical (unpaired) electrons. The Morgan fingerprint density at radius 1 is 1.27 bits per heavy atom. The molecule has 1 aromatic heterocycles. The monoisotopic (exact) mass is 393 g/mol. The number of nitrogens with one attached hydrogen (secondary N) is 1. The molecule has 0 unspecified atom stereocenters. The Balaban J connectivity index is 1.85. The van der Waals surface area contributed by atoms with Crippen LogP contribution in [0.1, 0.15) is 33.6 Å². The number of aromatic nitrogens is 1. The summed E-state index contributed by atoms with van der Waals surface area (Å²) in [5.74, 6) is 0.207. The minimum atomic E-state index is 0.207. The maximum absolute atomic E-state index is 11.9. The molecule has 0 aliphatic carbocycles. The maximum Gasteiger partial charge on any atom is 0.222 e. The van der Waals surface area contributed by atoms with Gasteiger partial charge in [-0.2, -0.15) is 5.10 Å². The number of thiazole rings is 1. The van der Waals surface area contributed by atoms with E-state index in [0.29, 0.717) is 24.5 Å². The molecule has 26 heavy (non-hydrogen) atoms. The molecule has 0 spiro atoms. The molecule has 140 valence electrons. The molecule has 1 N–H and O–H groups in total. The number of rotatable bonds is 5. The number of hydrazone groups is 1. The lowest BCUT2D eigenvalue weighted by Crippen LogP contribution is -2.48. The van der Waals surface area contributed by atoms with E-state index >= 15 is 0 Å². The van der Waals surface area contributed by atoms with Crippen LogP contribution in [0.5, 0.6) is 0 Å². The highest BCUT2D eigenvalue weighted by Gasteiger charge is 2.24. The largest absolute Gasteiger partial charge is 0.365 e. The zero-order valence-electron chi connectivity index (χ0n) is 15.4. The number of carbonyl (C=O) groups is 1. The SMILES string of the molecule is CCC(=O)N1CCN(c2c(Cl)ccc3sc(N/N=C(/C)CC)nc23)CC1. The summed E-state index contributed by atoms with van der Waals surface area (Å²) in [6.07, 6.45) is 1.45. The van der Waals surface area contributed by atoms with Gasteiger partial charge in [0.25, 0.3) is 0 Å². The van der Waals surface area contributed by atoms with Gasteiger partial charge in [-0.3, -0.25) is 10.2 Å². The van der Waals surface area contributed by atoms with Crippen LogP contribution in [-0.2, 0) is 4.79 Å². The number of halogens is 1. The minimum Gasteiger partial charge on any atom is -0.365 e. The van der Waals surface area contributed by atoms with E-state index in [-0.39, 0.29) is 5.91 Å². The summed E-state index contributed by atoms with van der Waals surface area (Å²) in [5.41, 5.74) is 5.92. The molecule has 1 fully saturated rings. The summed E-state index contributed by atoms with van der Waals surface area (Å²) < 4.78 is 1.07. The predicted molar refractivity (Wildman–Crippen MR) is 111 cm³/mol. The molecule has 0 atom stereocenters. The zero-order valence-corrected chi connectivity index (χ0v) is 17.0. The molecule has 8 heteroatoms. The summed E-state index contributed by atoms with van der Waals surface area (Å²) in [6, 6.07) is 3.92. The number of amides is 1. The Morgan fingerprint density at radius 2 is 2.00 bits per heavy atom. The molecule has 2 heterocycles. The first-order valence-corrected chi connectivity index (χ1v) is 10.1. The number of hydrogen-bond donors (Lipinski definition) is 1. The Hall–Kier alpha value is -1.86. The van der Waals surface area contributed by atoms with Gasteiger partial charge in [0.05, 0.1) is 15.4 Å². The maximum atomic E-state index is 11.9. The number of fused-ring (bicyclic) bond motifs is 1. The van der Waals surface area contributed by atoms with E-state index in [9.17, 15) is 4.79 Å². The molecule has 0 saturated carbocycles. The summed E-state index contributed by atoms with van der Waals surface area (Å²) in [6.45, 7) is 8.91. The molecule has 6 nitrogen and oxygen atoms in total. The third-order valence-electron chi connectivity index (χ3n) is 4.59. The van der Waals surface area contributed by atoms with Crippen molar-refractivity contribution in [1.82, 2.24) is 9.88 Å². The standard InChI is InChI=1S/C18H24ClN5OS/c1-4-12(3)21-22-18-20-16-14(26-18)7-6-13(19)17(16)24-10-8-23(9-11-24)15(25)5-2/h6-7H,4-5,8-11H2,1-3H3,(H,20,22)/b21-12-. The molecule has 1 aliphatic rings. The van der Waals surface area contributed by atoms with E-state index < -0.39 is 0 Å². The van der Waals surface area contributed by atoms with Crippen molar-refractivity contribution in [2.45, 2.75) is 33.6 Å². The van der Waals surface area contributed by atoms with E-state index in [1.165, 1.54) is 0 Å². The van der Waals surface area contributed by atoms with Gasteiger partial charge in [0.1, 0.15) is 5.52 Å². The van der Waals surface area contributed by atoms with E-state index in [2.05, 4.69) is 22.4 Å². The zero-order chi connectivity index (χ0) is 18.7. The van der Waals surface area contributed by atoms with Crippen molar-refractivity contribution in [3.8, 4) is 0 Å². The first kappa shape index (κ1) is 18.9. The van der Waals surface area contributed by atoms with Gasteiger partial charge in [0.15, 0.2) is 0 Å². The smallest absolute Gasteiger partial charge is 0.222 e. The predicted octanol–water partition coefficient (Wildman–Crippen LogP) is 4.21. The van der Waals surface area contributed by atoms with Crippen LogP contribution in [0, 0.1) is 0 Å². The van der Waals surface area contributed by atoms with Gasteiger partial charge >= 0.3 is 0 Å². The van der Waals surface area contributed by atoms with E-state index in [1.54, 1.807) is 11.3 Å². The van der Waals surface area contributed by atoms with E-state index in [1.807, 2.05) is 30.9 Å². The van der Waals surface area contributed by atoms with Gasteiger partial charge in [0, 0.05) is 38.3 Å². The Morgan fingerprint density at radius 3 is 2.65 bits per heavy atom. The van der Waals surface area contributed by atoms with Crippen LogP contribution in [0.25, 0.3) is 10.2 Å². The molecule has 1 saturated heterocycles. The van der Waals surface area contributed by atoms with Gasteiger partial charge in [0.2, 0.25) is 11.0 Å². The fraction of sp³-hybridized carbons (Fsp3) is 0.500. The second kappa shape index (κ2) is 8.22. The first-order chi connectivity index (χ1) is 12.5. The van der Waals surface area contributed by atoms with Gasteiger partial charge in [-0.25, -0.2) is 4.98 Å². The lowest BCUT2D eigenvalue weighted by molar-refractivity contribution is -0.131. The Labute approximate surface area is 162 Å². The van der Waals surface area contributed by atoms with Crippen LogP contribution >= 0.6 is 22.9 Å². The van der Waals surface area contributed by atoms with Crippen molar-refractivity contribution in [2.75, 3.05) is 36.5 Å². The summed E-state index contributed by atoms with van der Waals surface area (Å²) in [4.78, 5) is 20.8. The highest BCUT2D eigenvalue weighted by molar-refractivity contribution is 7.22. The molecule has 1 aromatic carbocycles. The summed E-state index contributed by atoms with van der Waals surface area (Å²) in [7, 11) is 0. The second-order valence-electron chi connectivity index (χ2n) is 6.30. The van der Waals surface area contributed by atoms with Crippen LogP contribution in [0.4, 0.5) is 10.8 Å². The number of benzene rings is 1. The third kappa shape index (κ3) is 3.94. The van der Waals surface area contributed by atoms with Crippen molar-refractivity contribution in [2.24, 2.45) is 5.10 Å². The quantitative estimate of drug-likeness (QED) is 0.610. The van der Waals surface area contributed by atoms with Crippen LogP contribution in [0.2, 0.25) is 5.02 Å². The van der Waals surface area contributed by atoms with Gasteiger partial charge < -0.3 is 9.80 Å². The molecule has 0 bridgehead atoms. The summed E-state index contributed by atoms with van der Waals surface area (Å²) in [5, 5.41) is 5.79. The number of carbonyl (C=O) groups excluding carboxylic acids is 1. The second-order valence-corrected chi connectivity index (χ2v) is 7.73. The number of anilines is 2. The molecular formula is C18H24ClN5OS. The average Bonchev–Trinajstić information content (AvgIpc) is 3.08. The molecule has 2 aromatic rings. The lowest BCUT2D eigenvalue weighted by Gasteiger charge is -2.36. The Kier molecular flexibility index (Phi) is 5.98. The molecule has 3 rings (SSSR count). The average molecular weight is 394 g/mol. The van der Waals surface area contributed by atoms with E-state index in [4.69, 9.17) is 16.6 Å². The van der Waals surface area contributed by atoms with Crippen LogP contribution in [0.15, 0.2) is 17.2 Å². The normalized spacial score (nSPS) is 15.6. The van der Waals surface area contributed by atoms with Gasteiger partial charge in [-0.05, 0) is 25.5 Å². The van der Waals surface area contributed by atoms with Crippen molar-refractivity contribution < 1.29 is 4.79 Å². The van der Waals surface area contributed by atoms with Crippen LogP contribution in [0.3, 0.4) is 0 Å². The first-order valence-electron chi connectivity index (χ1n) is 8.94. The lowest BCUT2D eigenvalue weighted by atomic mass is 10.2. The number of nitrogens with zero attached hydrogens (tertiary/aromatic N) is 4. The van der Waals surface area contributed by atoms with Crippen molar-refractivity contribution in [3.63, 3.8) is 0 Å². The third-order valence-corrected chi connectivity index (χ3v) is 5.82. The molecule has 1 aliphatic heterocycles. The number of piperazine rings is 1. The van der Waals surface area contributed by atoms with Crippen molar-refractivity contribution >= 4 is 55.6 Å².